The Labute approximate surface area is 143 Å². The fraction of sp³-hybridized carbons (Fsp3) is 0.526. The molecule has 0 radical (unpaired) electrons. The fourth-order valence-electron chi connectivity index (χ4n) is 3.50. The predicted molar refractivity (Wildman–Crippen MR) is 99.6 cm³/mol. The summed E-state index contributed by atoms with van der Waals surface area (Å²) in [6, 6.07) is 5.45. The first-order valence-corrected chi connectivity index (χ1v) is 10.8. The van der Waals surface area contributed by atoms with Gasteiger partial charge < -0.3 is 9.46 Å². The van der Waals surface area contributed by atoms with Crippen LogP contribution in [0.5, 0.6) is 0 Å². The van der Waals surface area contributed by atoms with Crippen LogP contribution in [0.3, 0.4) is 0 Å². The average molecular weight is 348 g/mol. The topological polar surface area (TPSA) is 33.2 Å². The van der Waals surface area contributed by atoms with Crippen LogP contribution in [0.25, 0.3) is 10.9 Å². The highest BCUT2D eigenvalue weighted by Gasteiger charge is 2.34. The number of nitrogens with zero attached hydrogens (tertiary/aromatic N) is 2. The van der Waals surface area contributed by atoms with Crippen LogP contribution in [0.2, 0.25) is 0 Å². The Morgan fingerprint density at radius 2 is 1.96 bits per heavy atom. The zero-order chi connectivity index (χ0) is 17.5. The minimum absolute atomic E-state index is 0.134. The zero-order valence-electron chi connectivity index (χ0n) is 15.0. The minimum atomic E-state index is -2.53. The summed E-state index contributed by atoms with van der Waals surface area (Å²) >= 11 is 0. The van der Waals surface area contributed by atoms with Crippen molar-refractivity contribution in [3.63, 3.8) is 0 Å². The van der Waals surface area contributed by atoms with Gasteiger partial charge in [0.1, 0.15) is 18.5 Å². The van der Waals surface area contributed by atoms with Crippen molar-refractivity contribution in [3.05, 3.63) is 35.3 Å². The second kappa shape index (κ2) is 6.57. The molecule has 1 aromatic carbocycles. The van der Waals surface area contributed by atoms with Crippen molar-refractivity contribution in [1.29, 1.82) is 0 Å². The Morgan fingerprint density at radius 1 is 1.29 bits per heavy atom. The van der Waals surface area contributed by atoms with Gasteiger partial charge >= 0.3 is 0 Å². The van der Waals surface area contributed by atoms with E-state index in [0.717, 1.165) is 41.5 Å². The van der Waals surface area contributed by atoms with E-state index in [1.807, 2.05) is 32.9 Å². The molecule has 2 aromatic rings. The molecule has 0 saturated carbocycles. The molecule has 1 saturated heterocycles. The number of hydrogen-bond acceptors (Lipinski definition) is 3. The molecule has 1 fully saturated rings. The van der Waals surface area contributed by atoms with Crippen LogP contribution >= 0.6 is 7.14 Å². The lowest BCUT2D eigenvalue weighted by Gasteiger charge is -2.32. The molecule has 3 nitrogen and oxygen atoms in total. The van der Waals surface area contributed by atoms with Gasteiger partial charge in [-0.3, -0.25) is 0 Å². The number of halogens is 1. The highest BCUT2D eigenvalue weighted by molar-refractivity contribution is 7.72. The lowest BCUT2D eigenvalue weighted by molar-refractivity contribution is 0.361. The van der Waals surface area contributed by atoms with Crippen LogP contribution in [-0.4, -0.2) is 42.3 Å². The predicted octanol–water partition coefficient (Wildman–Crippen LogP) is 3.99. The lowest BCUT2D eigenvalue weighted by Crippen LogP contribution is -2.35. The first-order valence-electron chi connectivity index (χ1n) is 8.75. The van der Waals surface area contributed by atoms with E-state index < -0.39 is 7.14 Å². The molecule has 2 heterocycles. The first kappa shape index (κ1) is 17.6. The van der Waals surface area contributed by atoms with Crippen LogP contribution in [0, 0.1) is 5.82 Å². The molecule has 3 rings (SSSR count). The molecule has 0 N–H and O–H groups in total. The number of hydrogen-bond donors (Lipinski definition) is 0. The molecule has 0 bridgehead atoms. The van der Waals surface area contributed by atoms with E-state index in [1.165, 1.54) is 0 Å². The summed E-state index contributed by atoms with van der Waals surface area (Å²) in [5.74, 6) is -0.163. The summed E-state index contributed by atoms with van der Waals surface area (Å²) in [5, 5.41) is 1.64. The summed E-state index contributed by atoms with van der Waals surface area (Å²) in [6.07, 6.45) is 2.10. The Morgan fingerprint density at radius 3 is 2.54 bits per heavy atom. The summed E-state index contributed by atoms with van der Waals surface area (Å²) < 4.78 is 28.5. The van der Waals surface area contributed by atoms with E-state index in [4.69, 9.17) is 0 Å². The Hall–Kier alpha value is -1.25. The first-order chi connectivity index (χ1) is 11.4. The van der Waals surface area contributed by atoms with Gasteiger partial charge in [0.25, 0.3) is 0 Å². The fourth-order valence-corrected chi connectivity index (χ4v) is 6.92. The molecule has 5 heteroatoms. The molecule has 1 aliphatic heterocycles. The van der Waals surface area contributed by atoms with Crippen molar-refractivity contribution in [2.75, 3.05) is 32.5 Å². The smallest absolute Gasteiger partial charge is 0.149 e. The van der Waals surface area contributed by atoms with E-state index >= 15 is 0 Å². The Kier molecular flexibility index (Phi) is 4.81. The maximum Gasteiger partial charge on any atom is 0.149 e. The monoisotopic (exact) mass is 348 g/mol. The number of aromatic nitrogens is 1. The quantitative estimate of drug-likeness (QED) is 0.786. The molecule has 1 aromatic heterocycles. The second-order valence-corrected chi connectivity index (χ2v) is 10.3. The van der Waals surface area contributed by atoms with Crippen molar-refractivity contribution in [2.45, 2.75) is 33.1 Å². The van der Waals surface area contributed by atoms with Gasteiger partial charge in [-0.1, -0.05) is 26.8 Å². The number of aryl methyl sites for hydroxylation is 1. The minimum Gasteiger partial charge on any atom is -0.318 e. The van der Waals surface area contributed by atoms with Crippen molar-refractivity contribution in [3.8, 4) is 0 Å². The van der Waals surface area contributed by atoms with Gasteiger partial charge in [0.2, 0.25) is 0 Å². The third kappa shape index (κ3) is 3.02. The highest BCUT2D eigenvalue weighted by atomic mass is 31.2. The Bertz CT molecular complexity index is 807. The van der Waals surface area contributed by atoms with E-state index in [9.17, 15) is 8.96 Å². The van der Waals surface area contributed by atoms with Crippen molar-refractivity contribution in [2.24, 2.45) is 0 Å². The molecule has 0 spiro atoms. The molecular formula is C19H26FN2OP. The largest absolute Gasteiger partial charge is 0.318 e. The van der Waals surface area contributed by atoms with Gasteiger partial charge in [-0.25, -0.2) is 9.37 Å². The number of pyridine rings is 1. The van der Waals surface area contributed by atoms with E-state index in [-0.39, 0.29) is 11.7 Å². The normalized spacial score (nSPS) is 18.4. The highest BCUT2D eigenvalue weighted by Crippen LogP contribution is 2.49. The van der Waals surface area contributed by atoms with Gasteiger partial charge in [-0.05, 0) is 37.1 Å². The summed E-state index contributed by atoms with van der Waals surface area (Å²) in [4.78, 5) is 6.70. The van der Waals surface area contributed by atoms with Crippen molar-refractivity contribution >= 4 is 23.3 Å². The standard InChI is InChI=1S/C19H26FN2OP/c1-5-14-6-7-15-18(21-14)17(20)12-16(13(2)3)19(15)24(23)10-8-22(4)9-11-24/h6-7,12-13H,5,8-11H2,1-4H3. The molecule has 24 heavy (non-hydrogen) atoms. The summed E-state index contributed by atoms with van der Waals surface area (Å²) in [6.45, 7) is 7.75. The van der Waals surface area contributed by atoms with Crippen LogP contribution in [0.15, 0.2) is 18.2 Å². The molecule has 0 amide bonds. The molecule has 0 aliphatic carbocycles. The number of fused-ring (bicyclic) bond motifs is 1. The maximum atomic E-state index is 14.7. The molecule has 1 aliphatic rings. The van der Waals surface area contributed by atoms with E-state index in [2.05, 4.69) is 16.9 Å². The van der Waals surface area contributed by atoms with Gasteiger partial charge in [-0.15, -0.1) is 0 Å². The summed E-state index contributed by atoms with van der Waals surface area (Å²) in [7, 11) is -0.472. The molecular weight excluding hydrogens is 322 g/mol. The van der Waals surface area contributed by atoms with Crippen LogP contribution in [0.4, 0.5) is 4.39 Å². The Balaban J connectivity index is 2.29. The summed E-state index contributed by atoms with van der Waals surface area (Å²) in [5.41, 5.74) is 2.13. The van der Waals surface area contributed by atoms with Gasteiger partial charge in [0.15, 0.2) is 0 Å². The van der Waals surface area contributed by atoms with Crippen molar-refractivity contribution < 1.29 is 8.96 Å². The zero-order valence-corrected chi connectivity index (χ0v) is 15.9. The van der Waals surface area contributed by atoms with Crippen molar-refractivity contribution in [1.82, 2.24) is 9.88 Å². The third-order valence-corrected chi connectivity index (χ3v) is 8.23. The van der Waals surface area contributed by atoms with E-state index in [0.29, 0.717) is 17.8 Å². The van der Waals surface area contributed by atoms with Crippen LogP contribution in [0.1, 0.15) is 37.9 Å². The molecule has 0 unspecified atom stereocenters. The van der Waals surface area contributed by atoms with E-state index in [1.54, 1.807) is 6.07 Å². The maximum absolute atomic E-state index is 14.7. The number of rotatable bonds is 3. The molecule has 130 valence electrons. The van der Waals surface area contributed by atoms with Gasteiger partial charge in [0.05, 0.1) is 0 Å². The third-order valence-electron chi connectivity index (χ3n) is 5.07. The van der Waals surface area contributed by atoms with Crippen LogP contribution < -0.4 is 5.30 Å². The average Bonchev–Trinajstić information content (AvgIpc) is 2.57. The second-order valence-electron chi connectivity index (χ2n) is 7.14. The lowest BCUT2D eigenvalue weighted by atomic mass is 10.00. The number of benzene rings is 1. The van der Waals surface area contributed by atoms with Crippen LogP contribution in [-0.2, 0) is 11.0 Å². The van der Waals surface area contributed by atoms with Gasteiger partial charge in [-0.2, -0.15) is 0 Å². The SMILES string of the molecule is CCc1ccc2c(P3(=O)CCN(C)CC3)c(C(C)C)cc(F)c2n1. The van der Waals surface area contributed by atoms with Gasteiger partial charge in [0, 0.05) is 41.8 Å². The molecule has 0 atom stereocenters.